The molecule has 1 heterocycles. The molecule has 0 aliphatic heterocycles. The molecule has 0 atom stereocenters. The molecule has 0 unspecified atom stereocenters. The fourth-order valence-electron chi connectivity index (χ4n) is 1.11. The number of halogens is 1. The maximum atomic E-state index is 4.13. The Kier molecular flexibility index (Phi) is 3.16. The zero-order valence-electron chi connectivity index (χ0n) is 7.94. The highest BCUT2D eigenvalue weighted by molar-refractivity contribution is 9.10. The van der Waals surface area contributed by atoms with Crippen molar-refractivity contribution in [3.05, 3.63) is 64.4 Å². The van der Waals surface area contributed by atoms with Gasteiger partial charge in [-0.25, -0.2) is 4.98 Å². The van der Waals surface area contributed by atoms with E-state index in [4.69, 9.17) is 0 Å². The Balaban J connectivity index is 2.22. The van der Waals surface area contributed by atoms with Gasteiger partial charge in [-0.05, 0) is 42.3 Å². The summed E-state index contributed by atoms with van der Waals surface area (Å²) in [5.41, 5.74) is 1.78. The first kappa shape index (κ1) is 9.95. The van der Waals surface area contributed by atoms with E-state index < -0.39 is 0 Å². The van der Waals surface area contributed by atoms with Crippen molar-refractivity contribution in [2.75, 3.05) is 0 Å². The molecule has 0 aliphatic rings. The van der Waals surface area contributed by atoms with E-state index in [2.05, 4.69) is 32.8 Å². The van der Waals surface area contributed by atoms with Gasteiger partial charge in [-0.3, -0.25) is 0 Å². The first-order valence-electron chi connectivity index (χ1n) is 4.53. The van der Waals surface area contributed by atoms with Crippen LogP contribution >= 0.6 is 15.9 Å². The second kappa shape index (κ2) is 4.77. The van der Waals surface area contributed by atoms with E-state index in [9.17, 15) is 0 Å². The normalized spacial score (nSPS) is 9.13. The Bertz CT molecular complexity index is 492. The van der Waals surface area contributed by atoms with E-state index >= 15 is 0 Å². The molecule has 0 aliphatic carbocycles. The summed E-state index contributed by atoms with van der Waals surface area (Å²) in [6.07, 6.45) is 1.74. The molecule has 72 valence electrons. The minimum absolute atomic E-state index is 0.792. The second-order valence-electron chi connectivity index (χ2n) is 2.97. The molecule has 0 spiro atoms. The van der Waals surface area contributed by atoms with Gasteiger partial charge in [0.05, 0.1) is 0 Å². The smallest absolute Gasteiger partial charge is 0.113 e. The lowest BCUT2D eigenvalue weighted by Gasteiger charge is -1.90. The minimum Gasteiger partial charge on any atom is -0.248 e. The van der Waals surface area contributed by atoms with E-state index in [0.29, 0.717) is 0 Å². The van der Waals surface area contributed by atoms with Crippen LogP contribution in [0.25, 0.3) is 0 Å². The average Bonchev–Trinajstić information content (AvgIpc) is 2.30. The first-order chi connectivity index (χ1) is 7.34. The van der Waals surface area contributed by atoms with Crippen LogP contribution in [0.2, 0.25) is 0 Å². The van der Waals surface area contributed by atoms with Crippen LogP contribution in [0.15, 0.2) is 53.1 Å². The number of benzene rings is 1. The number of hydrogen-bond donors (Lipinski definition) is 0. The van der Waals surface area contributed by atoms with Gasteiger partial charge < -0.3 is 0 Å². The van der Waals surface area contributed by atoms with Crippen molar-refractivity contribution in [3.8, 4) is 11.8 Å². The zero-order chi connectivity index (χ0) is 10.5. The molecule has 2 rings (SSSR count). The molecular weight excluding hydrogens is 250 g/mol. The molecule has 1 aromatic heterocycles. The highest BCUT2D eigenvalue weighted by Crippen LogP contribution is 2.09. The third-order valence-corrected chi connectivity index (χ3v) is 2.37. The third-order valence-electron chi connectivity index (χ3n) is 1.84. The van der Waals surface area contributed by atoms with Crippen molar-refractivity contribution in [1.29, 1.82) is 0 Å². The molecule has 0 radical (unpaired) electrons. The predicted molar refractivity (Wildman–Crippen MR) is 64.4 cm³/mol. The minimum atomic E-state index is 0.792. The lowest BCUT2D eigenvalue weighted by atomic mass is 10.2. The SMILES string of the molecule is Brc1ccc(C#Cc2ccccn2)cc1. The Hall–Kier alpha value is -1.59. The van der Waals surface area contributed by atoms with E-state index in [0.717, 1.165) is 15.7 Å². The summed E-state index contributed by atoms with van der Waals surface area (Å²) in [5.74, 6) is 6.06. The van der Waals surface area contributed by atoms with Gasteiger partial charge in [0, 0.05) is 16.2 Å². The standard InChI is InChI=1S/C13H8BrN/c14-12-7-4-11(5-8-12)6-9-13-3-1-2-10-15-13/h1-5,7-8,10H. The third kappa shape index (κ3) is 2.93. The van der Waals surface area contributed by atoms with Crippen molar-refractivity contribution < 1.29 is 0 Å². The Morgan fingerprint density at radius 3 is 2.40 bits per heavy atom. The summed E-state index contributed by atoms with van der Waals surface area (Å²) in [6.45, 7) is 0. The molecule has 2 heteroatoms. The van der Waals surface area contributed by atoms with Crippen LogP contribution < -0.4 is 0 Å². The molecular formula is C13H8BrN. The molecule has 0 N–H and O–H groups in total. The fraction of sp³-hybridized carbons (Fsp3) is 0. The predicted octanol–water partition coefficient (Wildman–Crippen LogP) is 3.24. The van der Waals surface area contributed by atoms with Gasteiger partial charge >= 0.3 is 0 Å². The maximum Gasteiger partial charge on any atom is 0.113 e. The van der Waals surface area contributed by atoms with Gasteiger partial charge in [0.15, 0.2) is 0 Å². The van der Waals surface area contributed by atoms with Crippen LogP contribution in [0.3, 0.4) is 0 Å². The largest absolute Gasteiger partial charge is 0.248 e. The molecule has 0 amide bonds. The Labute approximate surface area is 97.3 Å². The van der Waals surface area contributed by atoms with E-state index in [-0.39, 0.29) is 0 Å². The van der Waals surface area contributed by atoms with Crippen molar-refractivity contribution in [3.63, 3.8) is 0 Å². The van der Waals surface area contributed by atoms with Crippen molar-refractivity contribution in [1.82, 2.24) is 4.98 Å². The molecule has 1 nitrogen and oxygen atoms in total. The number of aromatic nitrogens is 1. The maximum absolute atomic E-state index is 4.13. The summed E-state index contributed by atoms with van der Waals surface area (Å²) in [5, 5.41) is 0. The molecule has 0 saturated heterocycles. The molecule has 0 saturated carbocycles. The average molecular weight is 258 g/mol. The molecule has 0 fully saturated rings. The van der Waals surface area contributed by atoms with Gasteiger partial charge in [-0.2, -0.15) is 0 Å². The van der Waals surface area contributed by atoms with Gasteiger partial charge in [0.1, 0.15) is 5.69 Å². The summed E-state index contributed by atoms with van der Waals surface area (Å²) in [7, 11) is 0. The molecule has 15 heavy (non-hydrogen) atoms. The quantitative estimate of drug-likeness (QED) is 0.661. The topological polar surface area (TPSA) is 12.9 Å². The van der Waals surface area contributed by atoms with Crippen LogP contribution in [0, 0.1) is 11.8 Å². The molecule has 0 bridgehead atoms. The second-order valence-corrected chi connectivity index (χ2v) is 3.89. The highest BCUT2D eigenvalue weighted by atomic mass is 79.9. The molecule has 1 aromatic carbocycles. The van der Waals surface area contributed by atoms with E-state index in [1.165, 1.54) is 0 Å². The van der Waals surface area contributed by atoms with Crippen LogP contribution in [0.1, 0.15) is 11.3 Å². The summed E-state index contributed by atoms with van der Waals surface area (Å²) in [4.78, 5) is 4.13. The van der Waals surface area contributed by atoms with E-state index in [1.54, 1.807) is 6.20 Å². The summed E-state index contributed by atoms with van der Waals surface area (Å²) in [6, 6.07) is 13.6. The number of rotatable bonds is 0. The first-order valence-corrected chi connectivity index (χ1v) is 5.32. The van der Waals surface area contributed by atoms with Gasteiger partial charge in [0.2, 0.25) is 0 Å². The van der Waals surface area contributed by atoms with Crippen molar-refractivity contribution in [2.24, 2.45) is 0 Å². The monoisotopic (exact) mass is 257 g/mol. The van der Waals surface area contributed by atoms with Gasteiger partial charge in [-0.15, -0.1) is 0 Å². The van der Waals surface area contributed by atoms with E-state index in [1.807, 2.05) is 42.5 Å². The number of pyridine rings is 1. The van der Waals surface area contributed by atoms with Crippen molar-refractivity contribution in [2.45, 2.75) is 0 Å². The zero-order valence-corrected chi connectivity index (χ0v) is 9.53. The Morgan fingerprint density at radius 2 is 1.73 bits per heavy atom. The van der Waals surface area contributed by atoms with Gasteiger partial charge in [-0.1, -0.05) is 27.9 Å². The lowest BCUT2D eigenvalue weighted by Crippen LogP contribution is -1.79. The summed E-state index contributed by atoms with van der Waals surface area (Å²) < 4.78 is 1.06. The molecule has 2 aromatic rings. The fourth-order valence-corrected chi connectivity index (χ4v) is 1.37. The Morgan fingerprint density at radius 1 is 0.933 bits per heavy atom. The highest BCUT2D eigenvalue weighted by Gasteiger charge is 1.87. The number of hydrogen-bond acceptors (Lipinski definition) is 1. The van der Waals surface area contributed by atoms with Crippen molar-refractivity contribution >= 4 is 15.9 Å². The van der Waals surface area contributed by atoms with Crippen LogP contribution in [-0.4, -0.2) is 4.98 Å². The summed E-state index contributed by atoms with van der Waals surface area (Å²) >= 11 is 3.38. The van der Waals surface area contributed by atoms with Crippen LogP contribution in [-0.2, 0) is 0 Å². The van der Waals surface area contributed by atoms with Crippen LogP contribution in [0.5, 0.6) is 0 Å². The van der Waals surface area contributed by atoms with Gasteiger partial charge in [0.25, 0.3) is 0 Å². The number of nitrogens with zero attached hydrogens (tertiary/aromatic N) is 1. The van der Waals surface area contributed by atoms with Crippen LogP contribution in [0.4, 0.5) is 0 Å². The lowest BCUT2D eigenvalue weighted by molar-refractivity contribution is 1.29.